The summed E-state index contributed by atoms with van der Waals surface area (Å²) in [6, 6.07) is 15.7. The molecule has 0 atom stereocenters. The zero-order valence-electron chi connectivity index (χ0n) is 9.81. The number of nitrogen functional groups attached to an aromatic ring is 1. The van der Waals surface area contributed by atoms with Gasteiger partial charge in [-0.15, -0.1) is 0 Å². The molecule has 0 amide bonds. The van der Waals surface area contributed by atoms with Crippen molar-refractivity contribution in [3.63, 3.8) is 0 Å². The molecule has 88 valence electrons. The molecule has 17 heavy (non-hydrogen) atoms. The predicted octanol–water partition coefficient (Wildman–Crippen LogP) is 3.16. The fourth-order valence-electron chi connectivity index (χ4n) is 1.70. The van der Waals surface area contributed by atoms with Gasteiger partial charge in [0.15, 0.2) is 0 Å². The van der Waals surface area contributed by atoms with E-state index < -0.39 is 0 Å². The lowest BCUT2D eigenvalue weighted by Gasteiger charge is -2.11. The lowest BCUT2D eigenvalue weighted by atomic mass is 10.1. The van der Waals surface area contributed by atoms with Crippen LogP contribution in [0.3, 0.4) is 0 Å². The fraction of sp³-hybridized carbons (Fsp3) is 0.143. The topological polar surface area (TPSA) is 47.3 Å². The van der Waals surface area contributed by atoms with Gasteiger partial charge in [-0.3, -0.25) is 0 Å². The third-order valence-corrected chi connectivity index (χ3v) is 2.48. The van der Waals surface area contributed by atoms with E-state index in [0.717, 1.165) is 22.6 Å². The normalized spacial score (nSPS) is 10.2. The number of benzene rings is 2. The van der Waals surface area contributed by atoms with Crippen LogP contribution in [0.1, 0.15) is 5.56 Å². The van der Waals surface area contributed by atoms with Gasteiger partial charge in [-0.05, 0) is 24.3 Å². The summed E-state index contributed by atoms with van der Waals surface area (Å²) in [5, 5.41) is 3.34. The number of methoxy groups -OCH3 is 1. The molecule has 3 heteroatoms. The maximum absolute atomic E-state index is 5.74. The van der Waals surface area contributed by atoms with Crippen LogP contribution in [0.15, 0.2) is 48.5 Å². The number of anilines is 3. The first-order valence-corrected chi connectivity index (χ1v) is 5.49. The Morgan fingerprint density at radius 3 is 2.71 bits per heavy atom. The second kappa shape index (κ2) is 5.37. The Hall–Kier alpha value is -2.00. The molecule has 0 saturated carbocycles. The van der Waals surface area contributed by atoms with Gasteiger partial charge in [-0.25, -0.2) is 0 Å². The Morgan fingerprint density at radius 1 is 1.12 bits per heavy atom. The number of hydrogen-bond acceptors (Lipinski definition) is 3. The standard InChI is InChI=1S/C14H16N2O/c1-17-10-11-5-2-3-8-14(11)16-13-7-4-6-12(15)9-13/h2-9,16H,10,15H2,1H3. The van der Waals surface area contributed by atoms with E-state index in [4.69, 9.17) is 10.5 Å². The van der Waals surface area contributed by atoms with Crippen molar-refractivity contribution in [1.82, 2.24) is 0 Å². The zero-order chi connectivity index (χ0) is 12.1. The van der Waals surface area contributed by atoms with Gasteiger partial charge in [-0.2, -0.15) is 0 Å². The highest BCUT2D eigenvalue weighted by Crippen LogP contribution is 2.22. The molecule has 0 heterocycles. The monoisotopic (exact) mass is 228 g/mol. The maximum Gasteiger partial charge on any atom is 0.0733 e. The molecule has 0 aliphatic rings. The summed E-state index contributed by atoms with van der Waals surface area (Å²) < 4.78 is 5.17. The number of rotatable bonds is 4. The molecule has 0 aliphatic carbocycles. The van der Waals surface area contributed by atoms with Crippen molar-refractivity contribution in [2.75, 3.05) is 18.2 Å². The fourth-order valence-corrected chi connectivity index (χ4v) is 1.70. The van der Waals surface area contributed by atoms with Gasteiger partial charge in [0.2, 0.25) is 0 Å². The molecule has 3 N–H and O–H groups in total. The van der Waals surface area contributed by atoms with E-state index in [0.29, 0.717) is 6.61 Å². The molecular formula is C14H16N2O. The molecule has 0 unspecified atom stereocenters. The Morgan fingerprint density at radius 2 is 1.94 bits per heavy atom. The first-order chi connectivity index (χ1) is 8.29. The van der Waals surface area contributed by atoms with Crippen LogP contribution in [0, 0.1) is 0 Å². The molecular weight excluding hydrogens is 212 g/mol. The predicted molar refractivity (Wildman–Crippen MR) is 71.3 cm³/mol. The van der Waals surface area contributed by atoms with E-state index in [-0.39, 0.29) is 0 Å². The quantitative estimate of drug-likeness (QED) is 0.790. The summed E-state index contributed by atoms with van der Waals surface area (Å²) in [5.41, 5.74) is 9.64. The van der Waals surface area contributed by atoms with Crippen molar-refractivity contribution in [2.24, 2.45) is 0 Å². The third-order valence-electron chi connectivity index (χ3n) is 2.48. The first-order valence-electron chi connectivity index (χ1n) is 5.49. The Bertz CT molecular complexity index is 497. The van der Waals surface area contributed by atoms with Crippen molar-refractivity contribution in [2.45, 2.75) is 6.61 Å². The van der Waals surface area contributed by atoms with E-state index in [1.54, 1.807) is 7.11 Å². The van der Waals surface area contributed by atoms with Crippen molar-refractivity contribution in [1.29, 1.82) is 0 Å². The average Bonchev–Trinajstić information content (AvgIpc) is 2.32. The minimum atomic E-state index is 0.589. The van der Waals surface area contributed by atoms with Gasteiger partial charge in [0.1, 0.15) is 0 Å². The van der Waals surface area contributed by atoms with E-state index in [1.807, 2.05) is 48.5 Å². The molecule has 0 radical (unpaired) electrons. The second-order valence-electron chi connectivity index (χ2n) is 3.84. The number of hydrogen-bond donors (Lipinski definition) is 2. The number of nitrogens with two attached hydrogens (primary N) is 1. The second-order valence-corrected chi connectivity index (χ2v) is 3.84. The Kier molecular flexibility index (Phi) is 3.62. The molecule has 0 spiro atoms. The van der Waals surface area contributed by atoms with Gasteiger partial charge in [0.05, 0.1) is 6.61 Å². The van der Waals surface area contributed by atoms with Crippen LogP contribution in [0.2, 0.25) is 0 Å². The van der Waals surface area contributed by atoms with Crippen molar-refractivity contribution in [3.05, 3.63) is 54.1 Å². The van der Waals surface area contributed by atoms with Crippen LogP contribution in [-0.2, 0) is 11.3 Å². The van der Waals surface area contributed by atoms with Crippen LogP contribution < -0.4 is 11.1 Å². The molecule has 0 saturated heterocycles. The van der Waals surface area contributed by atoms with Gasteiger partial charge < -0.3 is 15.8 Å². The van der Waals surface area contributed by atoms with Crippen molar-refractivity contribution >= 4 is 17.1 Å². The Labute approximate surface area is 101 Å². The maximum atomic E-state index is 5.74. The van der Waals surface area contributed by atoms with E-state index in [9.17, 15) is 0 Å². The summed E-state index contributed by atoms with van der Waals surface area (Å²) in [4.78, 5) is 0. The van der Waals surface area contributed by atoms with Crippen molar-refractivity contribution in [3.8, 4) is 0 Å². The van der Waals surface area contributed by atoms with Crippen LogP contribution in [0.5, 0.6) is 0 Å². The molecule has 2 aromatic rings. The van der Waals surface area contributed by atoms with Crippen LogP contribution >= 0.6 is 0 Å². The van der Waals surface area contributed by atoms with E-state index >= 15 is 0 Å². The lowest BCUT2D eigenvalue weighted by Crippen LogP contribution is -1.97. The summed E-state index contributed by atoms with van der Waals surface area (Å²) in [6.07, 6.45) is 0. The third kappa shape index (κ3) is 2.98. The zero-order valence-corrected chi connectivity index (χ0v) is 9.81. The van der Waals surface area contributed by atoms with E-state index in [2.05, 4.69) is 5.32 Å². The summed E-state index contributed by atoms with van der Waals surface area (Å²) in [5.74, 6) is 0. The molecule has 0 aliphatic heterocycles. The smallest absolute Gasteiger partial charge is 0.0733 e. The van der Waals surface area contributed by atoms with Crippen LogP contribution in [0.4, 0.5) is 17.1 Å². The number of para-hydroxylation sites is 1. The van der Waals surface area contributed by atoms with Crippen LogP contribution in [0.25, 0.3) is 0 Å². The minimum absolute atomic E-state index is 0.589. The lowest BCUT2D eigenvalue weighted by molar-refractivity contribution is 0.185. The highest BCUT2D eigenvalue weighted by atomic mass is 16.5. The molecule has 2 aromatic carbocycles. The Balaban J connectivity index is 2.23. The molecule has 0 bridgehead atoms. The molecule has 0 fully saturated rings. The average molecular weight is 228 g/mol. The summed E-state index contributed by atoms with van der Waals surface area (Å²) in [6.45, 7) is 0.589. The molecule has 2 rings (SSSR count). The van der Waals surface area contributed by atoms with Crippen molar-refractivity contribution < 1.29 is 4.74 Å². The van der Waals surface area contributed by atoms with Gasteiger partial charge in [0, 0.05) is 29.7 Å². The number of nitrogens with one attached hydrogen (secondary N) is 1. The highest BCUT2D eigenvalue weighted by molar-refractivity contribution is 5.65. The largest absolute Gasteiger partial charge is 0.399 e. The SMILES string of the molecule is COCc1ccccc1Nc1cccc(N)c1. The molecule has 0 aromatic heterocycles. The van der Waals surface area contributed by atoms with E-state index in [1.165, 1.54) is 0 Å². The first kappa shape index (κ1) is 11.5. The highest BCUT2D eigenvalue weighted by Gasteiger charge is 2.01. The number of ether oxygens (including phenoxy) is 1. The molecule has 3 nitrogen and oxygen atoms in total. The van der Waals surface area contributed by atoms with Gasteiger partial charge in [0.25, 0.3) is 0 Å². The van der Waals surface area contributed by atoms with Gasteiger partial charge >= 0.3 is 0 Å². The van der Waals surface area contributed by atoms with Crippen LogP contribution in [-0.4, -0.2) is 7.11 Å². The minimum Gasteiger partial charge on any atom is -0.399 e. The van der Waals surface area contributed by atoms with Gasteiger partial charge in [-0.1, -0.05) is 24.3 Å². The summed E-state index contributed by atoms with van der Waals surface area (Å²) >= 11 is 0. The summed E-state index contributed by atoms with van der Waals surface area (Å²) in [7, 11) is 1.69.